The molecular weight excluding hydrogens is 364 g/mol. The number of rotatable bonds is 7. The Kier molecular flexibility index (Phi) is 5.74. The predicted octanol–water partition coefficient (Wildman–Crippen LogP) is 2.44. The van der Waals surface area contributed by atoms with Crippen LogP contribution in [0.25, 0.3) is 21.9 Å². The third-order valence-electron chi connectivity index (χ3n) is 4.57. The van der Waals surface area contributed by atoms with Gasteiger partial charge in [0, 0.05) is 26.0 Å². The van der Waals surface area contributed by atoms with E-state index in [1.54, 1.807) is 14.2 Å². The fraction of sp³-hybridized carbons (Fsp3) is 0.421. The molecule has 0 unspecified atom stereocenters. The van der Waals surface area contributed by atoms with Crippen molar-refractivity contribution in [2.75, 3.05) is 19.4 Å². The van der Waals surface area contributed by atoms with E-state index >= 15 is 0 Å². The Bertz CT molecular complexity index is 1050. The lowest BCUT2D eigenvalue weighted by Gasteiger charge is -2.08. The third-order valence-corrected chi connectivity index (χ3v) is 5.60. The molecule has 0 radical (unpaired) electrons. The van der Waals surface area contributed by atoms with Crippen LogP contribution in [-0.4, -0.2) is 39.4 Å². The number of fused-ring (bicyclic) bond motifs is 3. The molecule has 1 aromatic carbocycles. The summed E-state index contributed by atoms with van der Waals surface area (Å²) in [6.07, 6.45) is 1.99. The lowest BCUT2D eigenvalue weighted by atomic mass is 10.2. The molecule has 0 aliphatic rings. The first kappa shape index (κ1) is 19.3. The second-order valence-electron chi connectivity index (χ2n) is 6.39. The number of aryl methyl sites for hydroxylation is 1. The average molecular weight is 388 g/mol. The topological polar surface area (TPSA) is 78.2 Å². The SMILES string of the molecule is CCCCNC(=O)CSc1nc2c3cc(OC)ccc3n(C)c2c(=O)n1C. The first-order valence-electron chi connectivity index (χ1n) is 8.90. The zero-order chi connectivity index (χ0) is 19.6. The smallest absolute Gasteiger partial charge is 0.278 e. The molecule has 0 spiro atoms. The molecule has 1 N–H and O–H groups in total. The minimum atomic E-state index is -0.133. The summed E-state index contributed by atoms with van der Waals surface area (Å²) in [5.41, 5.74) is 1.95. The van der Waals surface area contributed by atoms with Gasteiger partial charge in [-0.3, -0.25) is 14.2 Å². The molecule has 3 rings (SSSR count). The summed E-state index contributed by atoms with van der Waals surface area (Å²) in [5, 5.41) is 4.26. The first-order chi connectivity index (χ1) is 13.0. The van der Waals surface area contributed by atoms with Crippen LogP contribution in [0.1, 0.15) is 19.8 Å². The Labute approximate surface area is 161 Å². The number of carbonyl (C=O) groups is 1. The molecular formula is C19H24N4O3S. The van der Waals surface area contributed by atoms with Crippen LogP contribution in [0.15, 0.2) is 28.2 Å². The predicted molar refractivity (Wildman–Crippen MR) is 109 cm³/mol. The number of benzene rings is 1. The monoisotopic (exact) mass is 388 g/mol. The molecule has 0 saturated carbocycles. The van der Waals surface area contributed by atoms with E-state index in [0.717, 1.165) is 23.7 Å². The van der Waals surface area contributed by atoms with Crippen LogP contribution >= 0.6 is 11.8 Å². The molecule has 0 aliphatic heterocycles. The summed E-state index contributed by atoms with van der Waals surface area (Å²) < 4.78 is 8.67. The minimum absolute atomic E-state index is 0.0533. The first-order valence-corrected chi connectivity index (χ1v) is 9.89. The number of hydrogen-bond donors (Lipinski definition) is 1. The van der Waals surface area contributed by atoms with Crippen LogP contribution in [0.2, 0.25) is 0 Å². The summed E-state index contributed by atoms with van der Waals surface area (Å²) >= 11 is 1.27. The van der Waals surface area contributed by atoms with Crippen molar-refractivity contribution in [1.29, 1.82) is 0 Å². The van der Waals surface area contributed by atoms with E-state index in [2.05, 4.69) is 12.2 Å². The molecule has 3 aromatic rings. The van der Waals surface area contributed by atoms with Crippen molar-refractivity contribution >= 4 is 39.6 Å². The highest BCUT2D eigenvalue weighted by atomic mass is 32.2. The Balaban J connectivity index is 2.00. The number of unbranched alkanes of at least 4 members (excludes halogenated alkanes) is 1. The lowest BCUT2D eigenvalue weighted by molar-refractivity contribution is -0.118. The highest BCUT2D eigenvalue weighted by molar-refractivity contribution is 7.99. The van der Waals surface area contributed by atoms with Crippen molar-refractivity contribution in [3.63, 3.8) is 0 Å². The lowest BCUT2D eigenvalue weighted by Crippen LogP contribution is -2.27. The van der Waals surface area contributed by atoms with E-state index in [1.165, 1.54) is 16.3 Å². The molecule has 0 aliphatic carbocycles. The molecule has 0 bridgehead atoms. The minimum Gasteiger partial charge on any atom is -0.497 e. The van der Waals surface area contributed by atoms with Crippen molar-refractivity contribution in [3.8, 4) is 5.75 Å². The van der Waals surface area contributed by atoms with Crippen molar-refractivity contribution in [3.05, 3.63) is 28.6 Å². The van der Waals surface area contributed by atoms with Gasteiger partial charge in [0.05, 0.1) is 18.4 Å². The summed E-state index contributed by atoms with van der Waals surface area (Å²) in [6.45, 7) is 2.75. The summed E-state index contributed by atoms with van der Waals surface area (Å²) in [7, 11) is 5.15. The number of ether oxygens (including phenoxy) is 1. The van der Waals surface area contributed by atoms with Crippen LogP contribution in [0.5, 0.6) is 5.75 Å². The van der Waals surface area contributed by atoms with E-state index in [9.17, 15) is 9.59 Å². The fourth-order valence-corrected chi connectivity index (χ4v) is 3.81. The van der Waals surface area contributed by atoms with E-state index in [4.69, 9.17) is 9.72 Å². The quantitative estimate of drug-likeness (QED) is 0.382. The Morgan fingerprint density at radius 3 is 2.78 bits per heavy atom. The summed E-state index contributed by atoms with van der Waals surface area (Å²) in [6, 6.07) is 5.67. The second-order valence-corrected chi connectivity index (χ2v) is 7.33. The Morgan fingerprint density at radius 2 is 2.07 bits per heavy atom. The van der Waals surface area contributed by atoms with Gasteiger partial charge in [0.1, 0.15) is 16.8 Å². The number of thioether (sulfide) groups is 1. The molecule has 7 nitrogen and oxygen atoms in total. The van der Waals surface area contributed by atoms with Gasteiger partial charge in [-0.15, -0.1) is 0 Å². The van der Waals surface area contributed by atoms with Gasteiger partial charge in [-0.2, -0.15) is 0 Å². The zero-order valence-corrected chi connectivity index (χ0v) is 16.9. The largest absolute Gasteiger partial charge is 0.497 e. The Hall–Kier alpha value is -2.48. The Morgan fingerprint density at radius 1 is 1.30 bits per heavy atom. The van der Waals surface area contributed by atoms with E-state index in [0.29, 0.717) is 28.5 Å². The third kappa shape index (κ3) is 3.66. The summed E-state index contributed by atoms with van der Waals surface area (Å²) in [5.74, 6) is 0.883. The van der Waals surface area contributed by atoms with Crippen LogP contribution in [0, 0.1) is 0 Å². The van der Waals surface area contributed by atoms with Crippen molar-refractivity contribution in [2.24, 2.45) is 14.1 Å². The maximum atomic E-state index is 12.9. The number of hydrogen-bond acceptors (Lipinski definition) is 5. The number of nitrogens with zero attached hydrogens (tertiary/aromatic N) is 3. The maximum Gasteiger partial charge on any atom is 0.278 e. The van der Waals surface area contributed by atoms with Gasteiger partial charge in [-0.1, -0.05) is 25.1 Å². The number of amides is 1. The molecule has 1 amide bonds. The van der Waals surface area contributed by atoms with Gasteiger partial charge in [0.15, 0.2) is 5.16 Å². The number of methoxy groups -OCH3 is 1. The van der Waals surface area contributed by atoms with E-state index in [-0.39, 0.29) is 17.2 Å². The van der Waals surface area contributed by atoms with Gasteiger partial charge >= 0.3 is 0 Å². The molecule has 8 heteroatoms. The molecule has 0 atom stereocenters. The normalized spacial score (nSPS) is 11.3. The van der Waals surface area contributed by atoms with Gasteiger partial charge in [0.25, 0.3) is 5.56 Å². The maximum absolute atomic E-state index is 12.9. The number of carbonyl (C=O) groups excluding carboxylic acids is 1. The molecule has 0 saturated heterocycles. The number of nitrogens with one attached hydrogen (secondary N) is 1. The van der Waals surface area contributed by atoms with Gasteiger partial charge < -0.3 is 14.6 Å². The highest BCUT2D eigenvalue weighted by Gasteiger charge is 2.18. The van der Waals surface area contributed by atoms with Crippen molar-refractivity contribution in [2.45, 2.75) is 24.9 Å². The van der Waals surface area contributed by atoms with Crippen LogP contribution in [0.4, 0.5) is 0 Å². The fourth-order valence-electron chi connectivity index (χ4n) is 3.02. The molecule has 0 fully saturated rings. The van der Waals surface area contributed by atoms with Gasteiger partial charge in [0.2, 0.25) is 5.91 Å². The molecule has 27 heavy (non-hydrogen) atoms. The summed E-state index contributed by atoms with van der Waals surface area (Å²) in [4.78, 5) is 29.6. The van der Waals surface area contributed by atoms with Crippen LogP contribution < -0.4 is 15.6 Å². The van der Waals surface area contributed by atoms with Gasteiger partial charge in [-0.05, 0) is 24.6 Å². The van der Waals surface area contributed by atoms with Crippen molar-refractivity contribution < 1.29 is 9.53 Å². The molecule has 2 heterocycles. The molecule has 144 valence electrons. The highest BCUT2D eigenvalue weighted by Crippen LogP contribution is 2.29. The van der Waals surface area contributed by atoms with Crippen LogP contribution in [-0.2, 0) is 18.9 Å². The van der Waals surface area contributed by atoms with E-state index < -0.39 is 0 Å². The van der Waals surface area contributed by atoms with E-state index in [1.807, 2.05) is 29.8 Å². The standard InChI is InChI=1S/C19H24N4O3S/c1-5-6-9-20-15(24)11-27-19-21-16-13-10-12(26-4)7-8-14(13)22(2)17(16)18(25)23(19)3/h7-8,10H,5-6,9,11H2,1-4H3,(H,20,24). The van der Waals surface area contributed by atoms with Crippen molar-refractivity contribution in [1.82, 2.24) is 19.4 Å². The average Bonchev–Trinajstić information content (AvgIpc) is 2.95. The van der Waals surface area contributed by atoms with Crippen LogP contribution in [0.3, 0.4) is 0 Å². The van der Waals surface area contributed by atoms with Gasteiger partial charge in [-0.25, -0.2) is 4.98 Å². The second kappa shape index (κ2) is 8.04. The number of aromatic nitrogens is 3. The molecule has 2 aromatic heterocycles. The zero-order valence-electron chi connectivity index (χ0n) is 16.0.